The van der Waals surface area contributed by atoms with E-state index in [-0.39, 0.29) is 18.2 Å². The van der Waals surface area contributed by atoms with Crippen molar-refractivity contribution in [2.45, 2.75) is 64.2 Å². The second kappa shape index (κ2) is 5.53. The van der Waals surface area contributed by atoms with Gasteiger partial charge >= 0.3 is 6.09 Å². The maximum absolute atomic E-state index is 11.5. The molecule has 94 valence electrons. The average molecular weight is 229 g/mol. The molecule has 0 spiro atoms. The molecule has 0 aromatic rings. The van der Waals surface area contributed by atoms with Gasteiger partial charge in [0.2, 0.25) is 0 Å². The summed E-state index contributed by atoms with van der Waals surface area (Å²) < 4.78 is 10.5. The number of amides is 1. The van der Waals surface area contributed by atoms with Gasteiger partial charge in [0, 0.05) is 13.2 Å². The van der Waals surface area contributed by atoms with Crippen molar-refractivity contribution in [3.05, 3.63) is 0 Å². The summed E-state index contributed by atoms with van der Waals surface area (Å²) in [6.45, 7) is 5.60. The number of rotatable bonds is 2. The number of hydrogen-bond acceptors (Lipinski definition) is 3. The van der Waals surface area contributed by atoms with Crippen molar-refractivity contribution in [1.29, 1.82) is 0 Å². The van der Waals surface area contributed by atoms with Gasteiger partial charge in [0.15, 0.2) is 0 Å². The van der Waals surface area contributed by atoms with E-state index < -0.39 is 5.60 Å². The lowest BCUT2D eigenvalue weighted by Gasteiger charge is -2.29. The molecule has 2 atom stereocenters. The van der Waals surface area contributed by atoms with Crippen molar-refractivity contribution in [3.63, 3.8) is 0 Å². The molecule has 1 fully saturated rings. The summed E-state index contributed by atoms with van der Waals surface area (Å²) in [6, 6.07) is 0.188. The summed E-state index contributed by atoms with van der Waals surface area (Å²) >= 11 is 0. The van der Waals surface area contributed by atoms with Gasteiger partial charge in [-0.25, -0.2) is 4.79 Å². The lowest BCUT2D eigenvalue weighted by molar-refractivity contribution is 0.0371. The molecule has 0 saturated heterocycles. The van der Waals surface area contributed by atoms with E-state index in [2.05, 4.69) is 5.32 Å². The third-order valence-corrected chi connectivity index (χ3v) is 2.68. The van der Waals surface area contributed by atoms with Gasteiger partial charge in [-0.1, -0.05) is 0 Å². The molecular weight excluding hydrogens is 206 g/mol. The first-order valence-electron chi connectivity index (χ1n) is 5.93. The topological polar surface area (TPSA) is 47.6 Å². The van der Waals surface area contributed by atoms with Gasteiger partial charge in [-0.05, 0) is 46.5 Å². The highest BCUT2D eigenvalue weighted by atomic mass is 16.6. The molecular formula is C12H23NO3. The summed E-state index contributed by atoms with van der Waals surface area (Å²) in [5.74, 6) is 0. The first kappa shape index (κ1) is 13.3. The number of hydrogen-bond donors (Lipinski definition) is 1. The van der Waals surface area contributed by atoms with Gasteiger partial charge in [0.05, 0.1) is 6.10 Å². The molecule has 0 heterocycles. The normalized spacial score (nSPS) is 26.2. The van der Waals surface area contributed by atoms with Crippen LogP contribution in [0, 0.1) is 0 Å². The van der Waals surface area contributed by atoms with Crippen molar-refractivity contribution in [3.8, 4) is 0 Å². The van der Waals surface area contributed by atoms with Crippen LogP contribution < -0.4 is 5.32 Å². The Morgan fingerprint density at radius 3 is 2.56 bits per heavy atom. The van der Waals surface area contributed by atoms with E-state index in [0.717, 1.165) is 25.7 Å². The molecule has 1 saturated carbocycles. The molecule has 0 aromatic carbocycles. The van der Waals surface area contributed by atoms with E-state index in [4.69, 9.17) is 9.47 Å². The standard InChI is InChI=1S/C12H23NO3/c1-12(2,3)16-11(14)13-9-6-5-7-10(8-9)15-4/h9-10H,5-8H2,1-4H3,(H,13,14)/t9-,10+/m1/s1. The summed E-state index contributed by atoms with van der Waals surface area (Å²) in [5, 5.41) is 2.90. The summed E-state index contributed by atoms with van der Waals surface area (Å²) in [7, 11) is 1.72. The van der Waals surface area contributed by atoms with E-state index in [1.807, 2.05) is 20.8 Å². The molecule has 4 nitrogen and oxygen atoms in total. The number of ether oxygens (including phenoxy) is 2. The van der Waals surface area contributed by atoms with E-state index in [1.165, 1.54) is 0 Å². The summed E-state index contributed by atoms with van der Waals surface area (Å²) in [6.07, 6.45) is 4.03. The predicted octanol–water partition coefficient (Wildman–Crippen LogP) is 2.47. The molecule has 1 aliphatic rings. The number of nitrogens with one attached hydrogen (secondary N) is 1. The number of carbonyl (C=O) groups is 1. The Bertz CT molecular complexity index is 235. The first-order chi connectivity index (χ1) is 7.40. The quantitative estimate of drug-likeness (QED) is 0.791. The Labute approximate surface area is 97.7 Å². The molecule has 1 amide bonds. The lowest BCUT2D eigenvalue weighted by atomic mass is 9.93. The fourth-order valence-electron chi connectivity index (χ4n) is 1.96. The van der Waals surface area contributed by atoms with Crippen LogP contribution in [0.2, 0.25) is 0 Å². The zero-order valence-electron chi connectivity index (χ0n) is 10.7. The Balaban J connectivity index is 2.33. The lowest BCUT2D eigenvalue weighted by Crippen LogP contribution is -2.42. The molecule has 0 unspecified atom stereocenters. The van der Waals surface area contributed by atoms with Crippen molar-refractivity contribution >= 4 is 6.09 Å². The number of alkyl carbamates (subject to hydrolysis) is 1. The highest BCUT2D eigenvalue weighted by Gasteiger charge is 2.25. The highest BCUT2D eigenvalue weighted by molar-refractivity contribution is 5.68. The minimum atomic E-state index is -0.431. The van der Waals surface area contributed by atoms with Gasteiger partial charge in [-0.15, -0.1) is 0 Å². The average Bonchev–Trinajstić information content (AvgIpc) is 2.15. The zero-order valence-corrected chi connectivity index (χ0v) is 10.7. The maximum atomic E-state index is 11.5. The van der Waals surface area contributed by atoms with Crippen molar-refractivity contribution < 1.29 is 14.3 Å². The fraction of sp³-hybridized carbons (Fsp3) is 0.917. The van der Waals surface area contributed by atoms with E-state index in [0.29, 0.717) is 0 Å². The number of methoxy groups -OCH3 is 1. The van der Waals surface area contributed by atoms with Crippen LogP contribution in [0.15, 0.2) is 0 Å². The van der Waals surface area contributed by atoms with Crippen molar-refractivity contribution in [2.24, 2.45) is 0 Å². The highest BCUT2D eigenvalue weighted by Crippen LogP contribution is 2.21. The Morgan fingerprint density at radius 1 is 1.31 bits per heavy atom. The third-order valence-electron chi connectivity index (χ3n) is 2.68. The van der Waals surface area contributed by atoms with Crippen LogP contribution in [0.1, 0.15) is 46.5 Å². The summed E-state index contributed by atoms with van der Waals surface area (Å²) in [5.41, 5.74) is -0.431. The molecule has 0 aliphatic heterocycles. The summed E-state index contributed by atoms with van der Waals surface area (Å²) in [4.78, 5) is 11.5. The molecule has 1 aliphatic carbocycles. The molecule has 4 heteroatoms. The maximum Gasteiger partial charge on any atom is 0.407 e. The second-order valence-electron chi connectivity index (χ2n) is 5.37. The fourth-order valence-corrected chi connectivity index (χ4v) is 1.96. The van der Waals surface area contributed by atoms with Crippen molar-refractivity contribution in [1.82, 2.24) is 5.32 Å². The van der Waals surface area contributed by atoms with E-state index >= 15 is 0 Å². The first-order valence-corrected chi connectivity index (χ1v) is 5.93. The minimum Gasteiger partial charge on any atom is -0.444 e. The van der Waals surface area contributed by atoms with Gasteiger partial charge in [0.25, 0.3) is 0 Å². The second-order valence-corrected chi connectivity index (χ2v) is 5.37. The van der Waals surface area contributed by atoms with Crippen LogP contribution in [0.3, 0.4) is 0 Å². The van der Waals surface area contributed by atoms with Crippen LogP contribution in [0.25, 0.3) is 0 Å². The molecule has 1 N–H and O–H groups in total. The van der Waals surface area contributed by atoms with Gasteiger partial charge in [-0.2, -0.15) is 0 Å². The third kappa shape index (κ3) is 4.84. The monoisotopic (exact) mass is 229 g/mol. The molecule has 0 aromatic heterocycles. The largest absolute Gasteiger partial charge is 0.444 e. The van der Waals surface area contributed by atoms with Crippen LogP contribution in [-0.2, 0) is 9.47 Å². The van der Waals surface area contributed by atoms with Crippen molar-refractivity contribution in [2.75, 3.05) is 7.11 Å². The Hall–Kier alpha value is -0.770. The number of carbonyl (C=O) groups excluding carboxylic acids is 1. The SMILES string of the molecule is CO[C@H]1CCC[C@@H](NC(=O)OC(C)(C)C)C1. The molecule has 1 rings (SSSR count). The molecule has 0 radical (unpaired) electrons. The van der Waals surface area contributed by atoms with Gasteiger partial charge < -0.3 is 14.8 Å². The Kier molecular flexibility index (Phi) is 4.59. The predicted molar refractivity (Wildman–Crippen MR) is 62.4 cm³/mol. The smallest absolute Gasteiger partial charge is 0.407 e. The van der Waals surface area contributed by atoms with E-state index in [9.17, 15) is 4.79 Å². The Morgan fingerprint density at radius 2 is 2.00 bits per heavy atom. The van der Waals surface area contributed by atoms with E-state index in [1.54, 1.807) is 7.11 Å². The van der Waals surface area contributed by atoms with Crippen LogP contribution >= 0.6 is 0 Å². The molecule has 16 heavy (non-hydrogen) atoms. The van der Waals surface area contributed by atoms with Crippen LogP contribution in [0.4, 0.5) is 4.79 Å². The van der Waals surface area contributed by atoms with Crippen LogP contribution in [0.5, 0.6) is 0 Å². The molecule has 0 bridgehead atoms. The van der Waals surface area contributed by atoms with Crippen LogP contribution in [-0.4, -0.2) is 30.9 Å². The van der Waals surface area contributed by atoms with Gasteiger partial charge in [0.1, 0.15) is 5.60 Å². The zero-order chi connectivity index (χ0) is 12.2. The van der Waals surface area contributed by atoms with Gasteiger partial charge in [-0.3, -0.25) is 0 Å². The minimum absolute atomic E-state index is 0.188.